The van der Waals surface area contributed by atoms with Crippen molar-refractivity contribution >= 4 is 11.4 Å². The lowest BCUT2D eigenvalue weighted by Crippen LogP contribution is -2.44. The van der Waals surface area contributed by atoms with Crippen molar-refractivity contribution in [3.63, 3.8) is 0 Å². The Hall–Kier alpha value is -1.26. The Bertz CT molecular complexity index is 643. The van der Waals surface area contributed by atoms with E-state index in [1.807, 2.05) is 7.11 Å². The number of rotatable bonds is 4. The summed E-state index contributed by atoms with van der Waals surface area (Å²) in [7, 11) is 1.86. The molecule has 0 spiro atoms. The molecule has 1 unspecified atom stereocenters. The van der Waals surface area contributed by atoms with Crippen molar-refractivity contribution in [3.8, 4) is 0 Å². The number of methoxy groups -OCH3 is 1. The number of piperidine rings is 1. The minimum atomic E-state index is 0.375. The highest BCUT2D eigenvalue weighted by Gasteiger charge is 2.30. The Morgan fingerprint density at radius 2 is 1.75 bits per heavy atom. The summed E-state index contributed by atoms with van der Waals surface area (Å²) in [5.74, 6) is 0.709. The topological polar surface area (TPSA) is 27.7 Å². The van der Waals surface area contributed by atoms with Crippen LogP contribution in [0.15, 0.2) is 18.2 Å². The molecule has 0 amide bonds. The number of piperazine rings is 1. The van der Waals surface area contributed by atoms with Crippen molar-refractivity contribution in [1.29, 1.82) is 0 Å². The van der Waals surface area contributed by atoms with Crippen LogP contribution in [0.3, 0.4) is 0 Å². The first-order chi connectivity index (χ1) is 13.6. The summed E-state index contributed by atoms with van der Waals surface area (Å²) in [6, 6.07) is 7.33. The lowest BCUT2D eigenvalue weighted by molar-refractivity contribution is 0.0893. The van der Waals surface area contributed by atoms with Gasteiger partial charge in [-0.05, 0) is 73.6 Å². The van der Waals surface area contributed by atoms with Crippen LogP contribution in [0.4, 0.5) is 11.4 Å². The van der Waals surface area contributed by atoms with Crippen molar-refractivity contribution in [1.82, 2.24) is 5.32 Å². The average Bonchev–Trinajstić information content (AvgIpc) is 2.74. The predicted octanol–water partition coefficient (Wildman–Crippen LogP) is 4.40. The lowest BCUT2D eigenvalue weighted by Gasteiger charge is -2.39. The molecule has 0 aromatic heterocycles. The van der Waals surface area contributed by atoms with Crippen LogP contribution in [0.1, 0.15) is 63.9 Å². The molecule has 1 aromatic carbocycles. The number of ether oxygens (including phenoxy) is 1. The standard InChI is InChI=1S/C24H39N3O/c1-24(2)10-8-19(9-11-24)22-17-20(27-14-4-5-21(18-27)28-3)6-7-23(22)26-15-12-25-13-16-26/h6-7,17,19,21,25H,4-5,8-16,18H2,1-3H3. The van der Waals surface area contributed by atoms with Crippen LogP contribution in [0, 0.1) is 5.41 Å². The highest BCUT2D eigenvalue weighted by molar-refractivity contribution is 5.63. The quantitative estimate of drug-likeness (QED) is 0.832. The summed E-state index contributed by atoms with van der Waals surface area (Å²) in [5.41, 5.74) is 5.02. The fourth-order valence-electron chi connectivity index (χ4n) is 5.33. The van der Waals surface area contributed by atoms with Crippen molar-refractivity contribution < 1.29 is 4.74 Å². The van der Waals surface area contributed by atoms with Gasteiger partial charge in [-0.25, -0.2) is 0 Å². The van der Waals surface area contributed by atoms with Crippen LogP contribution in [0.2, 0.25) is 0 Å². The van der Waals surface area contributed by atoms with Gasteiger partial charge in [0.25, 0.3) is 0 Å². The van der Waals surface area contributed by atoms with Gasteiger partial charge in [-0.2, -0.15) is 0 Å². The number of hydrogen-bond donors (Lipinski definition) is 1. The zero-order chi connectivity index (χ0) is 19.6. The molecule has 1 aromatic rings. The van der Waals surface area contributed by atoms with Gasteiger partial charge in [0.15, 0.2) is 0 Å². The number of benzene rings is 1. The molecule has 2 saturated heterocycles. The van der Waals surface area contributed by atoms with Gasteiger partial charge in [0.05, 0.1) is 6.10 Å². The molecule has 0 bridgehead atoms. The minimum Gasteiger partial charge on any atom is -0.380 e. The summed E-state index contributed by atoms with van der Waals surface area (Å²) in [5, 5.41) is 3.50. The monoisotopic (exact) mass is 385 g/mol. The van der Waals surface area contributed by atoms with E-state index in [0.717, 1.165) is 39.3 Å². The molecule has 156 valence electrons. The molecule has 4 nitrogen and oxygen atoms in total. The van der Waals surface area contributed by atoms with E-state index in [1.165, 1.54) is 49.9 Å². The van der Waals surface area contributed by atoms with Crippen molar-refractivity contribution in [2.24, 2.45) is 5.41 Å². The summed E-state index contributed by atoms with van der Waals surface area (Å²) < 4.78 is 5.67. The molecule has 2 aliphatic heterocycles. The van der Waals surface area contributed by atoms with Gasteiger partial charge < -0.3 is 19.9 Å². The number of anilines is 2. The highest BCUT2D eigenvalue weighted by atomic mass is 16.5. The Morgan fingerprint density at radius 3 is 2.46 bits per heavy atom. The van der Waals surface area contributed by atoms with Crippen LogP contribution in [0.5, 0.6) is 0 Å². The van der Waals surface area contributed by atoms with Crippen LogP contribution in [-0.4, -0.2) is 52.5 Å². The Balaban J connectivity index is 1.61. The van der Waals surface area contributed by atoms with Gasteiger partial charge in [-0.3, -0.25) is 0 Å². The molecular formula is C24H39N3O. The molecular weight excluding hydrogens is 346 g/mol. The number of hydrogen-bond acceptors (Lipinski definition) is 4. The van der Waals surface area contributed by atoms with Crippen molar-refractivity contribution in [3.05, 3.63) is 23.8 Å². The molecule has 28 heavy (non-hydrogen) atoms. The zero-order valence-electron chi connectivity index (χ0n) is 18.2. The Labute approximate surface area is 171 Å². The molecule has 2 heterocycles. The van der Waals surface area contributed by atoms with Crippen LogP contribution >= 0.6 is 0 Å². The normalized spacial score (nSPS) is 26.5. The molecule has 3 aliphatic rings. The van der Waals surface area contributed by atoms with Crippen LogP contribution in [-0.2, 0) is 4.74 Å². The first-order valence-electron chi connectivity index (χ1n) is 11.4. The second kappa shape index (κ2) is 8.62. The number of nitrogens with zero attached hydrogens (tertiary/aromatic N) is 2. The minimum absolute atomic E-state index is 0.375. The van der Waals surface area contributed by atoms with Crippen molar-refractivity contribution in [2.45, 2.75) is 64.4 Å². The summed E-state index contributed by atoms with van der Waals surface area (Å²) in [6.45, 7) is 11.5. The van der Waals surface area contributed by atoms with E-state index in [0.29, 0.717) is 17.4 Å². The second-order valence-corrected chi connectivity index (χ2v) is 9.86. The fourth-order valence-corrected chi connectivity index (χ4v) is 5.33. The van der Waals surface area contributed by atoms with E-state index < -0.39 is 0 Å². The summed E-state index contributed by atoms with van der Waals surface area (Å²) in [6.07, 6.45) is 8.14. The van der Waals surface area contributed by atoms with E-state index in [9.17, 15) is 0 Å². The maximum absolute atomic E-state index is 5.67. The molecule has 1 atom stereocenters. The highest BCUT2D eigenvalue weighted by Crippen LogP contribution is 2.45. The SMILES string of the molecule is COC1CCCN(c2ccc(N3CCNCC3)c(C3CCC(C)(C)CC3)c2)C1. The molecule has 4 heteroatoms. The molecule has 4 rings (SSSR count). The first kappa shape index (κ1) is 20.0. The molecule has 1 N–H and O–H groups in total. The zero-order valence-corrected chi connectivity index (χ0v) is 18.2. The smallest absolute Gasteiger partial charge is 0.0746 e. The number of nitrogens with one attached hydrogen (secondary N) is 1. The third kappa shape index (κ3) is 4.49. The summed E-state index contributed by atoms with van der Waals surface area (Å²) in [4.78, 5) is 5.17. The van der Waals surface area contributed by atoms with Crippen LogP contribution in [0.25, 0.3) is 0 Å². The fraction of sp³-hybridized carbons (Fsp3) is 0.750. The molecule has 1 aliphatic carbocycles. The maximum atomic E-state index is 5.67. The van der Waals surface area contributed by atoms with Gasteiger partial charge in [-0.15, -0.1) is 0 Å². The molecule has 1 saturated carbocycles. The Kier molecular flexibility index (Phi) is 6.17. The van der Waals surface area contributed by atoms with Gasteiger partial charge in [0.2, 0.25) is 0 Å². The van der Waals surface area contributed by atoms with Gasteiger partial charge in [-0.1, -0.05) is 13.8 Å². The summed E-state index contributed by atoms with van der Waals surface area (Å²) >= 11 is 0. The third-order valence-electron chi connectivity index (χ3n) is 7.32. The Morgan fingerprint density at radius 1 is 1.00 bits per heavy atom. The average molecular weight is 386 g/mol. The van der Waals surface area contributed by atoms with Gasteiger partial charge in [0.1, 0.15) is 0 Å². The lowest BCUT2D eigenvalue weighted by atomic mass is 9.71. The molecule has 3 fully saturated rings. The molecule has 0 radical (unpaired) electrons. The van der Waals surface area contributed by atoms with E-state index >= 15 is 0 Å². The third-order valence-corrected chi connectivity index (χ3v) is 7.32. The van der Waals surface area contributed by atoms with E-state index in [2.05, 4.69) is 47.2 Å². The van der Waals surface area contributed by atoms with Gasteiger partial charge in [0, 0.05) is 57.8 Å². The predicted molar refractivity (Wildman–Crippen MR) is 119 cm³/mol. The van der Waals surface area contributed by atoms with E-state index in [-0.39, 0.29) is 0 Å². The van der Waals surface area contributed by atoms with Crippen molar-refractivity contribution in [2.75, 3.05) is 56.2 Å². The van der Waals surface area contributed by atoms with Crippen LogP contribution < -0.4 is 15.1 Å². The first-order valence-corrected chi connectivity index (χ1v) is 11.4. The second-order valence-electron chi connectivity index (χ2n) is 9.86. The van der Waals surface area contributed by atoms with Gasteiger partial charge >= 0.3 is 0 Å². The maximum Gasteiger partial charge on any atom is 0.0746 e. The van der Waals surface area contributed by atoms with E-state index in [1.54, 1.807) is 5.56 Å². The largest absolute Gasteiger partial charge is 0.380 e. The van der Waals surface area contributed by atoms with E-state index in [4.69, 9.17) is 4.74 Å².